The van der Waals surface area contributed by atoms with Crippen LogP contribution in [0.3, 0.4) is 0 Å². The number of H-pyrrole nitrogens is 1. The van der Waals surface area contributed by atoms with Crippen LogP contribution in [-0.2, 0) is 20.8 Å². The second-order valence-electron chi connectivity index (χ2n) is 10.5. The molecule has 0 spiro atoms. The molecule has 8 nitrogen and oxygen atoms in total. The van der Waals surface area contributed by atoms with Gasteiger partial charge in [-0.3, -0.25) is 14.9 Å². The molecule has 4 rings (SSSR count). The summed E-state index contributed by atoms with van der Waals surface area (Å²) in [4.78, 5) is 41.8. The van der Waals surface area contributed by atoms with Crippen molar-refractivity contribution in [3.8, 4) is 0 Å². The number of fused-ring (bicyclic) bond motifs is 1. The molecule has 0 saturated carbocycles. The van der Waals surface area contributed by atoms with Gasteiger partial charge in [0.2, 0.25) is 11.7 Å². The fraction of sp³-hybridized carbons (Fsp3) is 0.375. The molecule has 2 aromatic carbocycles. The Hall–Kier alpha value is -4.25. The van der Waals surface area contributed by atoms with Gasteiger partial charge in [0.05, 0.1) is 12.6 Å². The van der Waals surface area contributed by atoms with Gasteiger partial charge in [0.15, 0.2) is 5.70 Å². The number of rotatable bonds is 12. The number of aromatic amines is 1. The summed E-state index contributed by atoms with van der Waals surface area (Å²) < 4.78 is 31.5. The number of aliphatic imine (C=N–C) groups is 1. The molecular formula is C32H37F3N4O4. The zero-order valence-corrected chi connectivity index (χ0v) is 24.5. The second-order valence-corrected chi connectivity index (χ2v) is 10.5. The average molecular weight is 599 g/mol. The second kappa shape index (κ2) is 15.3. The number of carbonyl (C=O) groups is 3. The Morgan fingerprint density at radius 2 is 1.74 bits per heavy atom. The topological polar surface area (TPSA) is 131 Å². The van der Waals surface area contributed by atoms with E-state index < -0.39 is 12.1 Å². The minimum Gasteiger partial charge on any atom is -0.542 e. The van der Waals surface area contributed by atoms with Crippen LogP contribution in [0.4, 0.5) is 13.2 Å². The summed E-state index contributed by atoms with van der Waals surface area (Å²) in [7, 11) is 0. The van der Waals surface area contributed by atoms with Gasteiger partial charge < -0.3 is 20.2 Å². The van der Waals surface area contributed by atoms with Crippen LogP contribution in [0, 0.1) is 13.8 Å². The van der Waals surface area contributed by atoms with Crippen molar-refractivity contribution < 1.29 is 38.0 Å². The summed E-state index contributed by atoms with van der Waals surface area (Å²) in [6, 6.07) is 16.3. The lowest BCUT2D eigenvalue weighted by molar-refractivity contribution is -0.434. The Morgan fingerprint density at radius 1 is 1.05 bits per heavy atom. The van der Waals surface area contributed by atoms with Crippen LogP contribution in [0.2, 0.25) is 0 Å². The molecule has 4 N–H and O–H groups in total. The number of aromatic nitrogens is 1. The lowest BCUT2D eigenvalue weighted by Gasteiger charge is -2.17. The fourth-order valence-electron chi connectivity index (χ4n) is 4.81. The molecule has 0 saturated heterocycles. The predicted octanol–water partition coefficient (Wildman–Crippen LogP) is 4.01. The highest BCUT2D eigenvalue weighted by atomic mass is 19.4. The molecule has 11 heteroatoms. The van der Waals surface area contributed by atoms with Crippen LogP contribution < -0.4 is 15.7 Å². The number of carbonyl (C=O) groups excluding carboxylic acids is 3. The third-order valence-corrected chi connectivity index (χ3v) is 7.14. The number of aliphatic carboxylic acids is 1. The first-order chi connectivity index (χ1) is 20.4. The minimum absolute atomic E-state index is 0.00377. The van der Waals surface area contributed by atoms with Crippen LogP contribution >= 0.6 is 0 Å². The first-order valence-electron chi connectivity index (χ1n) is 14.2. The van der Waals surface area contributed by atoms with E-state index in [0.717, 1.165) is 64.9 Å². The van der Waals surface area contributed by atoms with Crippen molar-refractivity contribution in [1.82, 2.24) is 10.3 Å². The van der Waals surface area contributed by atoms with E-state index in [1.54, 1.807) is 0 Å². The maximum absolute atomic E-state index is 13.3. The fourth-order valence-corrected chi connectivity index (χ4v) is 4.81. The summed E-state index contributed by atoms with van der Waals surface area (Å²) in [5.74, 6) is -1.81. The van der Waals surface area contributed by atoms with Crippen molar-refractivity contribution >= 4 is 40.1 Å². The number of amidine groups is 1. The smallest absolute Gasteiger partial charge is 0.430 e. The number of hydrogen-bond acceptors (Lipinski definition) is 5. The summed E-state index contributed by atoms with van der Waals surface area (Å²) in [5.41, 5.74) is 6.48. The summed E-state index contributed by atoms with van der Waals surface area (Å²) in [5, 5.41) is 15.2. The molecule has 43 heavy (non-hydrogen) atoms. The number of halogens is 3. The molecule has 1 atom stereocenters. The molecule has 230 valence electrons. The number of quaternary nitrogens is 1. The third-order valence-electron chi connectivity index (χ3n) is 7.14. The van der Waals surface area contributed by atoms with Gasteiger partial charge >= 0.3 is 6.18 Å². The first-order valence-corrected chi connectivity index (χ1v) is 14.2. The molecule has 2 heterocycles. The highest BCUT2D eigenvalue weighted by molar-refractivity contribution is 5.93. The third kappa shape index (κ3) is 9.92. The van der Waals surface area contributed by atoms with Gasteiger partial charge in [-0.25, -0.2) is 4.99 Å². The van der Waals surface area contributed by atoms with Gasteiger partial charge in [-0.05, 0) is 56.5 Å². The van der Waals surface area contributed by atoms with Crippen LogP contribution in [0.15, 0.2) is 59.7 Å². The van der Waals surface area contributed by atoms with Gasteiger partial charge in [0.1, 0.15) is 17.8 Å². The van der Waals surface area contributed by atoms with E-state index in [2.05, 4.69) is 57.9 Å². The molecule has 1 aliphatic heterocycles. The van der Waals surface area contributed by atoms with Gasteiger partial charge in [0, 0.05) is 35.0 Å². The zero-order chi connectivity index (χ0) is 31.6. The van der Waals surface area contributed by atoms with E-state index in [1.165, 1.54) is 5.56 Å². The highest BCUT2D eigenvalue weighted by Crippen LogP contribution is 2.24. The lowest BCUT2D eigenvalue weighted by atomic mass is 10.0. The zero-order valence-electron chi connectivity index (χ0n) is 24.5. The molecule has 1 aromatic heterocycles. The molecule has 1 amide bonds. The van der Waals surface area contributed by atoms with Gasteiger partial charge in [-0.15, -0.1) is 0 Å². The number of ketones is 1. The monoisotopic (exact) mass is 598 g/mol. The van der Waals surface area contributed by atoms with Crippen LogP contribution in [0.25, 0.3) is 16.6 Å². The number of Topliss-reactive ketones (excluding diaryl/α,β-unsaturated/α-hetero) is 1. The largest absolute Gasteiger partial charge is 0.542 e. The van der Waals surface area contributed by atoms with Crippen LogP contribution in [0.1, 0.15) is 67.8 Å². The van der Waals surface area contributed by atoms with E-state index in [0.29, 0.717) is 25.0 Å². The summed E-state index contributed by atoms with van der Waals surface area (Å²) in [6.07, 6.45) is 1.84. The average Bonchev–Trinajstić information content (AvgIpc) is 3.57. The van der Waals surface area contributed by atoms with Crippen molar-refractivity contribution in [2.75, 3.05) is 0 Å². The van der Waals surface area contributed by atoms with Crippen molar-refractivity contribution in [2.45, 2.75) is 77.9 Å². The van der Waals surface area contributed by atoms with Crippen LogP contribution in [0.5, 0.6) is 0 Å². The molecule has 0 fully saturated rings. The standard InChI is InChI=1S/C30H36N4O2.C2HF3O2/c1-4-23(35)13-9-6-10-14-27(30-31-19-28(34-30)22-11-7-5-8-12-22)33-29(36)18-24-21(3)32-26-16-15-20(2)17-25(24)26;3-2(4,5)1(6)7/h5,7-8,11-12,15-17,19,27,32H,4,6,9-10,13-14,18H2,1-3H3,(H,31,34)(H,33,36);(H,6,7)/t27-;/m0./s1. The number of carboxylic acid groups (broad SMARTS) is 1. The van der Waals surface area contributed by atoms with Gasteiger partial charge in [0.25, 0.3) is 0 Å². The van der Waals surface area contributed by atoms with Crippen molar-refractivity contribution in [3.63, 3.8) is 0 Å². The molecule has 0 unspecified atom stereocenters. The van der Waals surface area contributed by atoms with E-state index in [9.17, 15) is 22.8 Å². The minimum atomic E-state index is -5.19. The maximum atomic E-state index is 13.3. The number of alkyl halides is 3. The number of amides is 1. The number of hydrogen-bond donors (Lipinski definition) is 3. The van der Waals surface area contributed by atoms with E-state index in [4.69, 9.17) is 9.90 Å². The van der Waals surface area contributed by atoms with Crippen LogP contribution in [-0.4, -0.2) is 40.7 Å². The number of nitrogens with one attached hydrogen (secondary N) is 2. The number of benzene rings is 2. The number of unbranched alkanes of at least 4 members (excludes halogenated alkanes) is 2. The Kier molecular flexibility index (Phi) is 11.8. The summed E-state index contributed by atoms with van der Waals surface area (Å²) in [6.45, 7) is 6.01. The number of aryl methyl sites for hydroxylation is 2. The molecule has 0 aliphatic carbocycles. The highest BCUT2D eigenvalue weighted by Gasteiger charge is 2.29. The molecule has 0 bridgehead atoms. The predicted molar refractivity (Wildman–Crippen MR) is 157 cm³/mol. The Morgan fingerprint density at radius 3 is 2.40 bits per heavy atom. The molecule has 0 radical (unpaired) electrons. The number of carboxylic acids is 1. The van der Waals surface area contributed by atoms with Crippen molar-refractivity contribution in [2.24, 2.45) is 4.99 Å². The van der Waals surface area contributed by atoms with Crippen molar-refractivity contribution in [3.05, 3.63) is 77.1 Å². The van der Waals surface area contributed by atoms with E-state index in [1.807, 2.05) is 38.2 Å². The van der Waals surface area contributed by atoms with Gasteiger partial charge in [-0.1, -0.05) is 49.6 Å². The molecule has 1 aliphatic rings. The Bertz CT molecular complexity index is 1490. The maximum Gasteiger partial charge on any atom is 0.430 e. The van der Waals surface area contributed by atoms with Gasteiger partial charge in [-0.2, -0.15) is 13.2 Å². The number of nitrogens with two attached hydrogens (primary N) is 1. The number of nitrogens with zero attached hydrogens (tertiary/aromatic N) is 1. The quantitative estimate of drug-likeness (QED) is 0.272. The normalized spacial score (nSPS) is 13.5. The SMILES string of the molecule is CCC(=O)CCCCC[C@H](NC(=O)Cc1c(C)[nH]c2ccc(C)cc12)C1=NC=C(c2ccccc2)[NH2+]1.O=C([O-])C(F)(F)F. The Balaban J connectivity index is 0.000000646. The Labute approximate surface area is 248 Å². The van der Waals surface area contributed by atoms with Crippen molar-refractivity contribution in [1.29, 1.82) is 0 Å². The molecular weight excluding hydrogens is 561 g/mol. The van der Waals surface area contributed by atoms with E-state index in [-0.39, 0.29) is 11.9 Å². The lowest BCUT2D eigenvalue weighted by Crippen LogP contribution is -2.87. The summed E-state index contributed by atoms with van der Waals surface area (Å²) >= 11 is 0. The molecule has 3 aromatic rings. The first kappa shape index (κ1) is 33.3. The van der Waals surface area contributed by atoms with E-state index >= 15 is 0 Å².